The molecule has 4 N–H and O–H groups in total. The third-order valence-corrected chi connectivity index (χ3v) is 4.20. The number of benzene rings is 1. The summed E-state index contributed by atoms with van der Waals surface area (Å²) in [7, 11) is -3.75. The number of pyridine rings is 1. The number of thiocarbonyl (C=S) groups is 1. The summed E-state index contributed by atoms with van der Waals surface area (Å²) >= 11 is 4.89. The van der Waals surface area contributed by atoms with E-state index in [4.69, 9.17) is 18.0 Å². The molecule has 114 valence electrons. The number of hydrogen-bond acceptors (Lipinski definition) is 5. The molecule has 0 radical (unpaired) electrons. The van der Waals surface area contributed by atoms with Gasteiger partial charge >= 0.3 is 0 Å². The normalized spacial score (nSPS) is 11.7. The first-order valence-electron chi connectivity index (χ1n) is 6.10. The Labute approximate surface area is 133 Å². The van der Waals surface area contributed by atoms with Crippen molar-refractivity contribution in [3.8, 4) is 0 Å². The molecular formula is C13H13N5O2S2. The quantitative estimate of drug-likeness (QED) is 0.326. The maximum absolute atomic E-state index is 12.0. The molecule has 0 spiro atoms. The topological polar surface area (TPSA) is 109 Å². The van der Waals surface area contributed by atoms with Crippen molar-refractivity contribution >= 4 is 33.2 Å². The van der Waals surface area contributed by atoms with Crippen LogP contribution in [-0.4, -0.2) is 24.3 Å². The van der Waals surface area contributed by atoms with Crippen molar-refractivity contribution in [1.29, 1.82) is 0 Å². The molecule has 0 saturated heterocycles. The van der Waals surface area contributed by atoms with Crippen molar-refractivity contribution in [2.75, 3.05) is 0 Å². The van der Waals surface area contributed by atoms with Crippen LogP contribution in [0.3, 0.4) is 0 Å². The molecule has 0 aliphatic carbocycles. The lowest BCUT2D eigenvalue weighted by molar-refractivity contribution is 0.592. The highest BCUT2D eigenvalue weighted by atomic mass is 32.2. The van der Waals surface area contributed by atoms with Crippen LogP contribution in [0.5, 0.6) is 0 Å². The van der Waals surface area contributed by atoms with E-state index in [-0.39, 0.29) is 15.8 Å². The summed E-state index contributed by atoms with van der Waals surface area (Å²) < 4.78 is 26.3. The highest BCUT2D eigenvalue weighted by Gasteiger charge is 2.14. The van der Waals surface area contributed by atoms with Crippen molar-refractivity contribution < 1.29 is 8.42 Å². The summed E-state index contributed by atoms with van der Waals surface area (Å²) in [5, 5.41) is 3.62. The molecule has 1 aromatic heterocycles. The molecule has 0 unspecified atom stereocenters. The number of sulfonamides is 1. The van der Waals surface area contributed by atoms with Crippen molar-refractivity contribution in [1.82, 2.24) is 15.1 Å². The maximum Gasteiger partial charge on any atom is 0.263 e. The molecule has 0 saturated carbocycles. The highest BCUT2D eigenvalue weighted by molar-refractivity contribution is 7.91. The zero-order valence-electron chi connectivity index (χ0n) is 11.3. The maximum atomic E-state index is 12.0. The van der Waals surface area contributed by atoms with E-state index < -0.39 is 10.0 Å². The third kappa shape index (κ3) is 4.24. The van der Waals surface area contributed by atoms with Gasteiger partial charge in [0.25, 0.3) is 10.0 Å². The molecule has 0 atom stereocenters. The van der Waals surface area contributed by atoms with E-state index >= 15 is 0 Å². The van der Waals surface area contributed by atoms with E-state index in [9.17, 15) is 8.42 Å². The average molecular weight is 335 g/mol. The minimum absolute atomic E-state index is 0.100. The predicted molar refractivity (Wildman–Crippen MR) is 87.5 cm³/mol. The Bertz CT molecular complexity index is 777. The van der Waals surface area contributed by atoms with Crippen LogP contribution in [0.1, 0.15) is 5.56 Å². The van der Waals surface area contributed by atoms with E-state index in [1.54, 1.807) is 36.5 Å². The Morgan fingerprint density at radius 3 is 2.55 bits per heavy atom. The second-order valence-corrected chi connectivity index (χ2v) is 6.19. The molecular weight excluding hydrogens is 322 g/mol. The number of nitrogens with zero attached hydrogens (tertiary/aromatic N) is 2. The van der Waals surface area contributed by atoms with Gasteiger partial charge in [-0.1, -0.05) is 18.2 Å². The van der Waals surface area contributed by atoms with Gasteiger partial charge in [0.2, 0.25) is 5.11 Å². The number of amidine groups is 1. The first-order valence-corrected chi connectivity index (χ1v) is 7.99. The van der Waals surface area contributed by atoms with Crippen LogP contribution in [0.4, 0.5) is 0 Å². The van der Waals surface area contributed by atoms with E-state index in [0.717, 1.165) is 0 Å². The number of nitrogens with two attached hydrogens (primary N) is 1. The highest BCUT2D eigenvalue weighted by Crippen LogP contribution is 2.06. The van der Waals surface area contributed by atoms with Gasteiger partial charge in [0.15, 0.2) is 5.84 Å². The molecule has 0 fully saturated rings. The van der Waals surface area contributed by atoms with Crippen molar-refractivity contribution in [3.63, 3.8) is 0 Å². The van der Waals surface area contributed by atoms with Gasteiger partial charge in [-0.3, -0.25) is 15.1 Å². The number of nitrogens with one attached hydrogen (secondary N) is 2. The van der Waals surface area contributed by atoms with Gasteiger partial charge in [0.05, 0.1) is 4.90 Å². The van der Waals surface area contributed by atoms with Gasteiger partial charge in [0, 0.05) is 18.0 Å². The third-order valence-electron chi connectivity index (χ3n) is 2.52. The number of rotatable bonds is 4. The summed E-state index contributed by atoms with van der Waals surface area (Å²) in [6, 6.07) is 11.3. The second-order valence-electron chi connectivity index (χ2n) is 4.10. The van der Waals surface area contributed by atoms with Crippen molar-refractivity contribution in [3.05, 3.63) is 60.4 Å². The Hall–Kier alpha value is -2.52. The van der Waals surface area contributed by atoms with Crippen LogP contribution < -0.4 is 15.9 Å². The lowest BCUT2D eigenvalue weighted by Crippen LogP contribution is -2.37. The Morgan fingerprint density at radius 1 is 1.18 bits per heavy atom. The molecule has 9 heteroatoms. The van der Waals surface area contributed by atoms with Crippen LogP contribution >= 0.6 is 12.2 Å². The molecule has 0 aliphatic heterocycles. The zero-order valence-corrected chi connectivity index (χ0v) is 12.9. The largest absolute Gasteiger partial charge is 0.382 e. The number of hydrogen-bond donors (Lipinski definition) is 3. The predicted octanol–water partition coefficient (Wildman–Crippen LogP) is 0.555. The van der Waals surface area contributed by atoms with E-state index in [1.807, 2.05) is 0 Å². The summed E-state index contributed by atoms with van der Waals surface area (Å²) in [6.45, 7) is 0. The molecule has 1 aromatic carbocycles. The molecule has 0 amide bonds. The summed E-state index contributed by atoms with van der Waals surface area (Å²) in [5.74, 6) is 0.134. The fourth-order valence-corrected chi connectivity index (χ4v) is 2.79. The Kier molecular flexibility index (Phi) is 5.02. The standard InChI is InChI=1S/C13H13N5O2S2/c14-12(10-5-4-8-15-9-10)16-17-13(21)18-22(19,20)11-6-2-1-3-7-11/h1-9H,(H2,14,16)(H2,17,18,21). The Balaban J connectivity index is 2.02. The lowest BCUT2D eigenvalue weighted by Gasteiger charge is -2.08. The minimum Gasteiger partial charge on any atom is -0.382 e. The SMILES string of the molecule is N/C(=N\NC(=S)NS(=O)(=O)c1ccccc1)c1cccnc1. The van der Waals surface area contributed by atoms with Crippen LogP contribution in [0.15, 0.2) is 64.9 Å². The van der Waals surface area contributed by atoms with Crippen LogP contribution in [-0.2, 0) is 10.0 Å². The van der Waals surface area contributed by atoms with E-state index in [1.165, 1.54) is 18.3 Å². The fourth-order valence-electron chi connectivity index (χ4n) is 1.49. The molecule has 2 aromatic rings. The lowest BCUT2D eigenvalue weighted by atomic mass is 10.3. The average Bonchev–Trinajstić information content (AvgIpc) is 2.54. The van der Waals surface area contributed by atoms with Crippen LogP contribution in [0.25, 0.3) is 0 Å². The molecule has 2 rings (SSSR count). The summed E-state index contributed by atoms with van der Waals surface area (Å²) in [6.07, 6.45) is 3.13. The Morgan fingerprint density at radius 2 is 1.91 bits per heavy atom. The molecule has 22 heavy (non-hydrogen) atoms. The molecule has 1 heterocycles. The van der Waals surface area contributed by atoms with Gasteiger partial charge in [-0.2, -0.15) is 5.10 Å². The second kappa shape index (κ2) is 6.96. The number of aromatic nitrogens is 1. The smallest absolute Gasteiger partial charge is 0.263 e. The van der Waals surface area contributed by atoms with Gasteiger partial charge in [0.1, 0.15) is 0 Å². The van der Waals surface area contributed by atoms with E-state index in [0.29, 0.717) is 5.56 Å². The van der Waals surface area contributed by atoms with Crippen LogP contribution in [0.2, 0.25) is 0 Å². The molecule has 7 nitrogen and oxygen atoms in total. The summed E-state index contributed by atoms with van der Waals surface area (Å²) in [5.41, 5.74) is 8.70. The first kappa shape index (κ1) is 15.9. The van der Waals surface area contributed by atoms with Gasteiger partial charge in [-0.25, -0.2) is 8.42 Å². The van der Waals surface area contributed by atoms with Crippen molar-refractivity contribution in [2.24, 2.45) is 10.8 Å². The summed E-state index contributed by atoms with van der Waals surface area (Å²) in [4.78, 5) is 4.00. The molecule has 0 aliphatic rings. The van der Waals surface area contributed by atoms with Gasteiger partial charge < -0.3 is 5.73 Å². The number of hydrazone groups is 1. The van der Waals surface area contributed by atoms with Gasteiger partial charge in [-0.15, -0.1) is 0 Å². The van der Waals surface area contributed by atoms with E-state index in [2.05, 4.69) is 20.2 Å². The fraction of sp³-hybridized carbons (Fsp3) is 0. The molecule has 0 bridgehead atoms. The zero-order chi connectivity index (χ0) is 16.0. The van der Waals surface area contributed by atoms with Crippen molar-refractivity contribution in [2.45, 2.75) is 4.90 Å². The van der Waals surface area contributed by atoms with Crippen LogP contribution in [0, 0.1) is 0 Å². The first-order chi connectivity index (χ1) is 10.5. The minimum atomic E-state index is -3.75. The monoisotopic (exact) mass is 335 g/mol. The van der Waals surface area contributed by atoms with Gasteiger partial charge in [-0.05, 0) is 36.5 Å².